The van der Waals surface area contributed by atoms with Gasteiger partial charge in [-0.15, -0.1) is 0 Å². The van der Waals surface area contributed by atoms with E-state index in [-0.39, 0.29) is 5.11 Å². The lowest BCUT2D eigenvalue weighted by atomic mass is 10.1. The zero-order chi connectivity index (χ0) is 15.1. The van der Waals surface area contributed by atoms with Crippen LogP contribution in [0, 0.1) is 0 Å². The van der Waals surface area contributed by atoms with E-state index in [4.69, 9.17) is 18.0 Å². The maximum atomic E-state index is 5.36. The molecule has 6 heteroatoms. The molecule has 0 radical (unpaired) electrons. The molecule has 2 rings (SSSR count). The van der Waals surface area contributed by atoms with Gasteiger partial charge in [-0.1, -0.05) is 31.2 Å². The summed E-state index contributed by atoms with van der Waals surface area (Å²) in [5.74, 6) is 0. The molecule has 0 spiro atoms. The maximum Gasteiger partial charge on any atom is 0.184 e. The van der Waals surface area contributed by atoms with Crippen molar-refractivity contribution in [2.24, 2.45) is 10.8 Å². The molecule has 0 atom stereocenters. The molecule has 0 amide bonds. The van der Waals surface area contributed by atoms with E-state index >= 15 is 0 Å². The van der Waals surface area contributed by atoms with Gasteiger partial charge in [0.1, 0.15) is 0 Å². The number of hydrazone groups is 1. The Hall–Kier alpha value is -1.50. The molecule has 1 aliphatic rings. The summed E-state index contributed by atoms with van der Waals surface area (Å²) in [6.45, 7) is 8.84. The summed E-state index contributed by atoms with van der Waals surface area (Å²) < 4.78 is 0. The monoisotopic (exact) mass is 305 g/mol. The summed E-state index contributed by atoms with van der Waals surface area (Å²) in [6, 6.07) is 8.29. The largest absolute Gasteiger partial charge is 0.375 e. The first-order valence-electron chi connectivity index (χ1n) is 7.30. The number of rotatable bonds is 5. The topological polar surface area (TPSA) is 56.9 Å². The molecule has 1 aromatic rings. The van der Waals surface area contributed by atoms with Gasteiger partial charge in [-0.3, -0.25) is 10.3 Å². The Bertz CT molecular complexity index is 495. The van der Waals surface area contributed by atoms with Gasteiger partial charge < -0.3 is 10.6 Å². The van der Waals surface area contributed by atoms with Crippen LogP contribution in [0.25, 0.3) is 0 Å². The first kappa shape index (κ1) is 15.9. The molecule has 0 bridgehead atoms. The van der Waals surface area contributed by atoms with E-state index in [2.05, 4.69) is 45.4 Å². The summed E-state index contributed by atoms with van der Waals surface area (Å²) in [4.78, 5) is 4.97. The molecule has 1 fully saturated rings. The third-order valence-electron chi connectivity index (χ3n) is 3.74. The number of hydrogen-bond acceptors (Lipinski definition) is 4. The molecule has 5 nitrogen and oxygen atoms in total. The minimum absolute atomic E-state index is 0.180. The van der Waals surface area contributed by atoms with Crippen molar-refractivity contribution in [2.45, 2.75) is 13.5 Å². The van der Waals surface area contributed by atoms with E-state index in [9.17, 15) is 0 Å². The number of thiocarbonyl (C=S) groups is 1. The average Bonchev–Trinajstić information content (AvgIpc) is 2.49. The van der Waals surface area contributed by atoms with Crippen molar-refractivity contribution in [3.05, 3.63) is 35.4 Å². The average molecular weight is 305 g/mol. The summed E-state index contributed by atoms with van der Waals surface area (Å²) in [6.07, 6.45) is 1.77. The molecule has 1 aromatic carbocycles. The van der Waals surface area contributed by atoms with Gasteiger partial charge in [-0.05, 0) is 29.9 Å². The quantitative estimate of drug-likeness (QED) is 0.483. The predicted octanol–water partition coefficient (Wildman–Crippen LogP) is 0.991. The number of nitrogens with one attached hydrogen (secondary N) is 1. The maximum absolute atomic E-state index is 5.36. The number of piperazine rings is 1. The lowest BCUT2D eigenvalue weighted by Crippen LogP contribution is -2.45. The number of nitrogens with two attached hydrogens (primary N) is 1. The summed E-state index contributed by atoms with van der Waals surface area (Å²) in [5, 5.41) is 4.23. The number of benzene rings is 1. The molecule has 1 aliphatic heterocycles. The molecule has 21 heavy (non-hydrogen) atoms. The van der Waals surface area contributed by atoms with Crippen LogP contribution in [-0.2, 0) is 6.54 Å². The Morgan fingerprint density at radius 3 is 2.62 bits per heavy atom. The molecule has 0 saturated carbocycles. The van der Waals surface area contributed by atoms with Crippen molar-refractivity contribution in [2.75, 3.05) is 32.7 Å². The van der Waals surface area contributed by atoms with Gasteiger partial charge >= 0.3 is 0 Å². The van der Waals surface area contributed by atoms with Crippen LogP contribution in [0.5, 0.6) is 0 Å². The van der Waals surface area contributed by atoms with Crippen LogP contribution in [0.15, 0.2) is 29.4 Å². The van der Waals surface area contributed by atoms with E-state index in [1.807, 2.05) is 6.07 Å². The molecule has 114 valence electrons. The zero-order valence-corrected chi connectivity index (χ0v) is 13.3. The SMILES string of the molecule is CCN1CCN(Cc2ccccc2C=NNC(N)=S)CC1. The van der Waals surface area contributed by atoms with Crippen LogP contribution in [0.4, 0.5) is 0 Å². The predicted molar refractivity (Wildman–Crippen MR) is 91.3 cm³/mol. The lowest BCUT2D eigenvalue weighted by molar-refractivity contribution is 0.132. The minimum atomic E-state index is 0.180. The third kappa shape index (κ3) is 5.08. The zero-order valence-electron chi connectivity index (χ0n) is 12.5. The number of nitrogens with zero attached hydrogens (tertiary/aromatic N) is 3. The van der Waals surface area contributed by atoms with Gasteiger partial charge in [-0.25, -0.2) is 0 Å². The first-order valence-corrected chi connectivity index (χ1v) is 7.71. The first-order chi connectivity index (χ1) is 10.2. The second kappa shape index (κ2) is 8.07. The van der Waals surface area contributed by atoms with Gasteiger partial charge in [0.25, 0.3) is 0 Å². The molecular weight excluding hydrogens is 282 g/mol. The fourth-order valence-electron chi connectivity index (χ4n) is 2.47. The van der Waals surface area contributed by atoms with Crippen molar-refractivity contribution < 1.29 is 0 Å². The van der Waals surface area contributed by atoms with Crippen molar-refractivity contribution in [3.63, 3.8) is 0 Å². The highest BCUT2D eigenvalue weighted by molar-refractivity contribution is 7.80. The second-order valence-corrected chi connectivity index (χ2v) is 5.58. The Balaban J connectivity index is 1.97. The van der Waals surface area contributed by atoms with Crippen molar-refractivity contribution >= 4 is 23.5 Å². The van der Waals surface area contributed by atoms with Crippen LogP contribution < -0.4 is 11.2 Å². The molecule has 1 saturated heterocycles. The molecule has 1 heterocycles. The van der Waals surface area contributed by atoms with Gasteiger partial charge in [0.15, 0.2) is 5.11 Å². The summed E-state index contributed by atoms with van der Waals surface area (Å²) >= 11 is 4.74. The smallest absolute Gasteiger partial charge is 0.184 e. The van der Waals surface area contributed by atoms with E-state index in [1.54, 1.807) is 6.21 Å². The molecular formula is C15H23N5S. The third-order valence-corrected chi connectivity index (χ3v) is 3.83. The molecule has 3 N–H and O–H groups in total. The number of likely N-dealkylation sites (N-methyl/N-ethyl adjacent to an activating group) is 1. The highest BCUT2D eigenvalue weighted by Gasteiger charge is 2.16. The highest BCUT2D eigenvalue weighted by atomic mass is 32.1. The Morgan fingerprint density at radius 2 is 1.95 bits per heavy atom. The summed E-state index contributed by atoms with van der Waals surface area (Å²) in [5.41, 5.74) is 10.3. The van der Waals surface area contributed by atoms with Crippen molar-refractivity contribution in [1.29, 1.82) is 0 Å². The van der Waals surface area contributed by atoms with Gasteiger partial charge in [0.05, 0.1) is 6.21 Å². The van der Waals surface area contributed by atoms with E-state index in [0.29, 0.717) is 0 Å². The van der Waals surface area contributed by atoms with Gasteiger partial charge in [0, 0.05) is 32.7 Å². The normalized spacial score (nSPS) is 17.2. The fourth-order valence-corrected chi connectivity index (χ4v) is 2.53. The van der Waals surface area contributed by atoms with E-state index in [1.165, 1.54) is 5.56 Å². The molecule has 0 unspecified atom stereocenters. The molecule has 0 aliphatic carbocycles. The second-order valence-electron chi connectivity index (χ2n) is 5.14. The highest BCUT2D eigenvalue weighted by Crippen LogP contribution is 2.12. The Kier molecular flexibility index (Phi) is 6.10. The van der Waals surface area contributed by atoms with Gasteiger partial charge in [-0.2, -0.15) is 5.10 Å². The Labute approximate surface area is 131 Å². The lowest BCUT2D eigenvalue weighted by Gasteiger charge is -2.34. The Morgan fingerprint density at radius 1 is 1.29 bits per heavy atom. The fraction of sp³-hybridized carbons (Fsp3) is 0.467. The van der Waals surface area contributed by atoms with E-state index in [0.717, 1.165) is 44.8 Å². The standard InChI is InChI=1S/C15H23N5S/c1-2-19-7-9-20(10-8-19)12-14-6-4-3-5-13(14)11-17-18-15(16)21/h3-6,11H,2,7-10,12H2,1H3,(H3,16,18,21). The van der Waals surface area contributed by atoms with Crippen LogP contribution in [0.2, 0.25) is 0 Å². The minimum Gasteiger partial charge on any atom is -0.375 e. The van der Waals surface area contributed by atoms with Gasteiger partial charge in [0.2, 0.25) is 0 Å². The van der Waals surface area contributed by atoms with Crippen LogP contribution >= 0.6 is 12.2 Å². The van der Waals surface area contributed by atoms with Crippen LogP contribution in [0.3, 0.4) is 0 Å². The molecule has 0 aromatic heterocycles. The van der Waals surface area contributed by atoms with Crippen molar-refractivity contribution in [1.82, 2.24) is 15.2 Å². The van der Waals surface area contributed by atoms with Crippen LogP contribution in [0.1, 0.15) is 18.1 Å². The summed E-state index contributed by atoms with van der Waals surface area (Å²) in [7, 11) is 0. The van der Waals surface area contributed by atoms with E-state index < -0.39 is 0 Å². The number of hydrogen-bond donors (Lipinski definition) is 2. The van der Waals surface area contributed by atoms with Crippen LogP contribution in [-0.4, -0.2) is 53.9 Å². The van der Waals surface area contributed by atoms with Crippen molar-refractivity contribution in [3.8, 4) is 0 Å².